The number of epoxide rings is 1. The van der Waals surface area contributed by atoms with Crippen LogP contribution in [-0.2, 0) is 15.7 Å². The summed E-state index contributed by atoms with van der Waals surface area (Å²) in [5.41, 5.74) is -2.63. The predicted molar refractivity (Wildman–Crippen MR) is 137 cm³/mol. The molecule has 1 spiro atoms. The number of urea groups is 1. The highest BCUT2D eigenvalue weighted by Gasteiger charge is 2.66. The first-order chi connectivity index (χ1) is 19.2. The highest BCUT2D eigenvalue weighted by Crippen LogP contribution is 2.50. The summed E-state index contributed by atoms with van der Waals surface area (Å²) in [6.07, 6.45) is -3.39. The molecule has 0 radical (unpaired) electrons. The standard InChI is InChI=1S/C27H29F4N5O5/c1-14(2)20(33-22(38)17-12-15(27(29,30)31)4-6-18(17)28)23(39)35-10-8-26(9-11-35)21-24(41-21)34(3)25(40)36(26)16-5-7-19(37)32-13-16/h4-7,12-14,20-21,24H,8-11H2,1-3H3,(H,32,37)(H,33,38). The number of anilines is 1. The Morgan fingerprint density at radius 2 is 1.80 bits per heavy atom. The third kappa shape index (κ3) is 5.04. The molecule has 5 rings (SSSR count). The molecule has 0 saturated carbocycles. The summed E-state index contributed by atoms with van der Waals surface area (Å²) in [7, 11) is 1.63. The highest BCUT2D eigenvalue weighted by molar-refractivity contribution is 5.98. The Morgan fingerprint density at radius 3 is 2.39 bits per heavy atom. The summed E-state index contributed by atoms with van der Waals surface area (Å²) in [5.74, 6) is -3.21. The normalized spacial score (nSPS) is 22.5. The molecule has 41 heavy (non-hydrogen) atoms. The van der Waals surface area contributed by atoms with E-state index in [0.29, 0.717) is 36.7 Å². The fraction of sp³-hybridized carbons (Fsp3) is 0.481. The number of H-pyrrole nitrogens is 1. The van der Waals surface area contributed by atoms with Crippen molar-refractivity contribution < 1.29 is 36.7 Å². The number of likely N-dealkylation sites (N-methyl/N-ethyl adjacent to an activating group) is 1. The van der Waals surface area contributed by atoms with Gasteiger partial charge in [0.2, 0.25) is 11.5 Å². The summed E-state index contributed by atoms with van der Waals surface area (Å²) in [4.78, 5) is 58.6. The molecule has 2 N–H and O–H groups in total. The molecule has 3 saturated heterocycles. The summed E-state index contributed by atoms with van der Waals surface area (Å²) in [6, 6.07) is 2.95. The molecule has 3 atom stereocenters. The van der Waals surface area contributed by atoms with Crippen molar-refractivity contribution in [3.8, 4) is 0 Å². The van der Waals surface area contributed by atoms with E-state index in [2.05, 4.69) is 10.3 Å². The first-order valence-corrected chi connectivity index (χ1v) is 13.1. The fourth-order valence-electron chi connectivity index (χ4n) is 5.71. The van der Waals surface area contributed by atoms with Crippen LogP contribution in [0.25, 0.3) is 0 Å². The molecule has 14 heteroatoms. The number of aromatic amines is 1. The molecule has 1 aromatic heterocycles. The van der Waals surface area contributed by atoms with Crippen LogP contribution in [0.1, 0.15) is 42.6 Å². The van der Waals surface area contributed by atoms with E-state index in [1.807, 2.05) is 0 Å². The van der Waals surface area contributed by atoms with E-state index in [9.17, 15) is 36.7 Å². The molecule has 1 aromatic carbocycles. The molecule has 0 aliphatic carbocycles. The van der Waals surface area contributed by atoms with E-state index >= 15 is 0 Å². The minimum atomic E-state index is -4.78. The Balaban J connectivity index is 1.34. The number of benzene rings is 1. The molecule has 2 aromatic rings. The van der Waals surface area contributed by atoms with Gasteiger partial charge in [0, 0.05) is 32.4 Å². The van der Waals surface area contributed by atoms with Gasteiger partial charge in [0.1, 0.15) is 18.0 Å². The molecular formula is C27H29F4N5O5. The number of likely N-dealkylation sites (tertiary alicyclic amines) is 1. The van der Waals surface area contributed by atoms with Gasteiger partial charge >= 0.3 is 12.2 Å². The van der Waals surface area contributed by atoms with Crippen molar-refractivity contribution in [1.29, 1.82) is 0 Å². The van der Waals surface area contributed by atoms with Gasteiger partial charge in [0.15, 0.2) is 6.23 Å². The van der Waals surface area contributed by atoms with E-state index in [-0.39, 0.29) is 30.8 Å². The van der Waals surface area contributed by atoms with Crippen LogP contribution in [0.3, 0.4) is 0 Å². The van der Waals surface area contributed by atoms with E-state index in [0.717, 1.165) is 0 Å². The van der Waals surface area contributed by atoms with Crippen LogP contribution in [-0.4, -0.2) is 76.7 Å². The van der Waals surface area contributed by atoms with Gasteiger partial charge < -0.3 is 19.9 Å². The van der Waals surface area contributed by atoms with Gasteiger partial charge in [-0.15, -0.1) is 0 Å². The van der Waals surface area contributed by atoms with Gasteiger partial charge in [-0.1, -0.05) is 13.8 Å². The van der Waals surface area contributed by atoms with Gasteiger partial charge in [-0.2, -0.15) is 13.2 Å². The lowest BCUT2D eigenvalue weighted by Gasteiger charge is -2.51. The van der Waals surface area contributed by atoms with E-state index < -0.39 is 58.7 Å². The number of fused-ring (bicyclic) bond motifs is 2. The summed E-state index contributed by atoms with van der Waals surface area (Å²) in [5, 5.41) is 2.42. The summed E-state index contributed by atoms with van der Waals surface area (Å²) < 4.78 is 59.6. The lowest BCUT2D eigenvalue weighted by atomic mass is 9.80. The van der Waals surface area contributed by atoms with Crippen molar-refractivity contribution in [2.24, 2.45) is 5.92 Å². The number of carbonyl (C=O) groups excluding carboxylic acids is 3. The number of alkyl halides is 3. The minimum absolute atomic E-state index is 0.194. The van der Waals surface area contributed by atoms with Crippen molar-refractivity contribution in [2.75, 3.05) is 25.0 Å². The van der Waals surface area contributed by atoms with Crippen LogP contribution in [0, 0.1) is 11.7 Å². The second-order valence-corrected chi connectivity index (χ2v) is 10.9. The Labute approximate surface area is 232 Å². The number of hydrogen-bond acceptors (Lipinski definition) is 5. The van der Waals surface area contributed by atoms with Gasteiger partial charge in [-0.25, -0.2) is 9.18 Å². The molecule has 220 valence electrons. The highest BCUT2D eigenvalue weighted by atomic mass is 19.4. The fourth-order valence-corrected chi connectivity index (χ4v) is 5.71. The van der Waals surface area contributed by atoms with Gasteiger partial charge in [-0.3, -0.25) is 24.2 Å². The quantitative estimate of drug-likeness (QED) is 0.417. The average Bonchev–Trinajstić information content (AvgIpc) is 3.73. The van der Waals surface area contributed by atoms with Crippen LogP contribution in [0.4, 0.5) is 28.0 Å². The molecule has 3 unspecified atom stereocenters. The van der Waals surface area contributed by atoms with Crippen LogP contribution in [0.2, 0.25) is 0 Å². The molecule has 0 bridgehead atoms. The zero-order valence-electron chi connectivity index (χ0n) is 22.5. The number of halogens is 4. The van der Waals surface area contributed by atoms with Crippen LogP contribution < -0.4 is 15.8 Å². The van der Waals surface area contributed by atoms with Gasteiger partial charge in [0.05, 0.1) is 22.4 Å². The number of hydrogen-bond donors (Lipinski definition) is 2. The zero-order chi connectivity index (χ0) is 29.9. The third-order valence-corrected chi connectivity index (χ3v) is 8.04. The zero-order valence-corrected chi connectivity index (χ0v) is 22.5. The molecular weight excluding hydrogens is 550 g/mol. The first-order valence-electron chi connectivity index (χ1n) is 13.1. The molecule has 3 fully saturated rings. The number of carbonyl (C=O) groups is 3. The summed E-state index contributed by atoms with van der Waals surface area (Å²) >= 11 is 0. The number of aromatic nitrogens is 1. The predicted octanol–water partition coefficient (Wildman–Crippen LogP) is 2.95. The van der Waals surface area contributed by atoms with Crippen LogP contribution in [0.15, 0.2) is 41.3 Å². The lowest BCUT2D eigenvalue weighted by molar-refractivity contribution is -0.138. The molecule has 3 aliphatic heterocycles. The molecule has 3 aliphatic rings. The van der Waals surface area contributed by atoms with Crippen molar-refractivity contribution >= 4 is 23.5 Å². The maximum absolute atomic E-state index is 14.3. The van der Waals surface area contributed by atoms with E-state index in [1.165, 1.54) is 22.1 Å². The van der Waals surface area contributed by atoms with Crippen LogP contribution in [0.5, 0.6) is 0 Å². The van der Waals surface area contributed by atoms with Crippen molar-refractivity contribution in [3.05, 3.63) is 63.8 Å². The minimum Gasteiger partial charge on any atom is -0.345 e. The molecule has 10 nitrogen and oxygen atoms in total. The third-order valence-electron chi connectivity index (χ3n) is 8.04. The second-order valence-electron chi connectivity index (χ2n) is 10.9. The number of rotatable bonds is 5. The topological polar surface area (TPSA) is 118 Å². The number of pyridine rings is 1. The summed E-state index contributed by atoms with van der Waals surface area (Å²) in [6.45, 7) is 3.71. The maximum Gasteiger partial charge on any atom is 0.416 e. The van der Waals surface area contributed by atoms with E-state index in [4.69, 9.17) is 4.74 Å². The van der Waals surface area contributed by atoms with E-state index in [1.54, 1.807) is 31.9 Å². The largest absolute Gasteiger partial charge is 0.416 e. The van der Waals surface area contributed by atoms with Gasteiger partial charge in [0.25, 0.3) is 5.91 Å². The first kappa shape index (κ1) is 28.6. The average molecular weight is 580 g/mol. The SMILES string of the molecule is CC(C)C(NC(=O)c1cc(C(F)(F)F)ccc1F)C(=O)N1CCC2(CC1)C1OC1N(C)C(=O)N2c1ccc(=O)[nH]c1. The monoisotopic (exact) mass is 579 g/mol. The van der Waals surface area contributed by atoms with Crippen molar-refractivity contribution in [3.63, 3.8) is 0 Å². The lowest BCUT2D eigenvalue weighted by Crippen LogP contribution is -2.68. The number of nitrogens with zero attached hydrogens (tertiary/aromatic N) is 3. The second kappa shape index (κ2) is 10.2. The smallest absolute Gasteiger partial charge is 0.345 e. The van der Waals surface area contributed by atoms with Gasteiger partial charge in [-0.05, 0) is 43.0 Å². The number of piperidine rings is 1. The number of amides is 4. The number of nitrogens with one attached hydrogen (secondary N) is 2. The molecule has 4 amide bonds. The Morgan fingerprint density at radius 1 is 1.12 bits per heavy atom. The number of ether oxygens (including phenoxy) is 1. The van der Waals surface area contributed by atoms with Crippen LogP contribution >= 0.6 is 0 Å². The Hall–Kier alpha value is -3.94. The van der Waals surface area contributed by atoms with Crippen molar-refractivity contribution in [1.82, 2.24) is 20.1 Å². The maximum atomic E-state index is 14.3. The Kier molecular flexibility index (Phi) is 7.08. The van der Waals surface area contributed by atoms with Crippen molar-refractivity contribution in [2.45, 2.75) is 56.8 Å². The Bertz CT molecular complexity index is 1420. The molecule has 4 heterocycles.